The van der Waals surface area contributed by atoms with Crippen molar-refractivity contribution in [1.82, 2.24) is 0 Å². The summed E-state index contributed by atoms with van der Waals surface area (Å²) in [4.78, 5) is 21.1. The van der Waals surface area contributed by atoms with Gasteiger partial charge in [-0.2, -0.15) is 4.99 Å². The lowest BCUT2D eigenvalue weighted by molar-refractivity contribution is -0.126. The highest BCUT2D eigenvalue weighted by molar-refractivity contribution is 8.16. The highest BCUT2D eigenvalue weighted by Crippen LogP contribution is 2.41. The van der Waals surface area contributed by atoms with E-state index in [-0.39, 0.29) is 28.7 Å². The number of aliphatic imine (C=N–C) groups is 1. The van der Waals surface area contributed by atoms with Crippen molar-refractivity contribution in [2.24, 2.45) is 4.99 Å². The molecule has 1 aromatic carbocycles. The first kappa shape index (κ1) is 20.7. The number of hydrogen-bond acceptors (Lipinski definition) is 6. The molecule has 3 heterocycles. The van der Waals surface area contributed by atoms with Crippen molar-refractivity contribution in [2.45, 2.75) is 44.1 Å². The highest BCUT2D eigenvalue weighted by atomic mass is 32.2. The van der Waals surface area contributed by atoms with Crippen LogP contribution in [0.25, 0.3) is 0 Å². The molecule has 0 aliphatic carbocycles. The van der Waals surface area contributed by atoms with Crippen molar-refractivity contribution in [3.05, 3.63) is 24.3 Å². The molecule has 0 N–H and O–H groups in total. The average Bonchev–Trinajstić information content (AvgIpc) is 3.38. The van der Waals surface area contributed by atoms with Gasteiger partial charge in [0.15, 0.2) is 15.0 Å². The first-order valence-corrected chi connectivity index (χ1v) is 12.9. The Kier molecular flexibility index (Phi) is 5.90. The van der Waals surface area contributed by atoms with E-state index in [0.717, 1.165) is 30.9 Å². The van der Waals surface area contributed by atoms with Gasteiger partial charge in [0.2, 0.25) is 0 Å². The second kappa shape index (κ2) is 8.28. The second-order valence-electron chi connectivity index (χ2n) is 7.59. The molecule has 3 fully saturated rings. The molecular formula is C20H27N3O4S2. The molecule has 0 spiro atoms. The maximum Gasteiger partial charge on any atom is 0.277 e. The fourth-order valence-corrected chi connectivity index (χ4v) is 8.14. The topological polar surface area (TPSA) is 79.3 Å². The van der Waals surface area contributed by atoms with Crippen molar-refractivity contribution in [1.29, 1.82) is 0 Å². The first-order valence-electron chi connectivity index (χ1n) is 10.2. The van der Waals surface area contributed by atoms with Gasteiger partial charge in [-0.15, -0.1) is 0 Å². The summed E-state index contributed by atoms with van der Waals surface area (Å²) in [5.74, 6) is -0.0448. The number of ether oxygens (including phenoxy) is 1. The number of fused-ring (bicyclic) bond motifs is 1. The van der Waals surface area contributed by atoms with E-state index in [1.165, 1.54) is 11.8 Å². The predicted molar refractivity (Wildman–Crippen MR) is 118 cm³/mol. The number of rotatable bonds is 5. The lowest BCUT2D eigenvalue weighted by atomic mass is 10.2. The number of benzene rings is 1. The number of carbonyl (C=O) groups is 1. The van der Waals surface area contributed by atoms with Crippen LogP contribution in [0.4, 0.5) is 11.4 Å². The molecule has 3 atom stereocenters. The van der Waals surface area contributed by atoms with Crippen molar-refractivity contribution in [3.63, 3.8) is 0 Å². The zero-order valence-electron chi connectivity index (χ0n) is 16.8. The third-order valence-electron chi connectivity index (χ3n) is 5.73. The summed E-state index contributed by atoms with van der Waals surface area (Å²) in [6.07, 6.45) is 1.09. The standard InChI is InChI=1S/C20H27N3O4S2/c1-3-22(4-2)14-7-9-15(10-8-14)23-16-12-29(25,26)13-18(16)28-20(23)21-19(24)17-6-5-11-27-17/h7-10,16-18H,3-6,11-13H2,1-2H3/t16-,17-,18-/m0/s1. The van der Waals surface area contributed by atoms with Gasteiger partial charge in [0.05, 0.1) is 17.5 Å². The quantitative estimate of drug-likeness (QED) is 0.699. The van der Waals surface area contributed by atoms with Crippen LogP contribution in [0.2, 0.25) is 0 Å². The number of amidine groups is 1. The maximum atomic E-state index is 12.6. The van der Waals surface area contributed by atoms with Crippen LogP contribution >= 0.6 is 11.8 Å². The van der Waals surface area contributed by atoms with E-state index in [0.29, 0.717) is 18.2 Å². The Morgan fingerprint density at radius 1 is 1.24 bits per heavy atom. The molecule has 3 saturated heterocycles. The maximum absolute atomic E-state index is 12.6. The number of amides is 1. The Hall–Kier alpha value is -1.58. The van der Waals surface area contributed by atoms with Gasteiger partial charge in [0.25, 0.3) is 5.91 Å². The minimum Gasteiger partial charge on any atom is -0.372 e. The van der Waals surface area contributed by atoms with Gasteiger partial charge in [-0.25, -0.2) is 8.42 Å². The molecule has 3 aliphatic rings. The Morgan fingerprint density at radius 3 is 2.59 bits per heavy atom. The van der Waals surface area contributed by atoms with Gasteiger partial charge in [-0.05, 0) is 51.0 Å². The number of sulfone groups is 1. The minimum absolute atomic E-state index is 0.0929. The molecule has 7 nitrogen and oxygen atoms in total. The van der Waals surface area contributed by atoms with E-state index in [9.17, 15) is 13.2 Å². The van der Waals surface area contributed by atoms with E-state index in [4.69, 9.17) is 4.74 Å². The number of carbonyl (C=O) groups excluding carboxylic acids is 1. The SMILES string of the molecule is CCN(CC)c1ccc(N2C(=NC(=O)[C@@H]3CCCO3)S[C@H]3CS(=O)(=O)C[C@@H]32)cc1. The van der Waals surface area contributed by atoms with E-state index >= 15 is 0 Å². The smallest absolute Gasteiger partial charge is 0.277 e. The summed E-state index contributed by atoms with van der Waals surface area (Å²) in [5, 5.41) is 0.490. The summed E-state index contributed by atoms with van der Waals surface area (Å²) in [5.41, 5.74) is 1.99. The summed E-state index contributed by atoms with van der Waals surface area (Å²) >= 11 is 1.40. The molecule has 158 valence electrons. The summed E-state index contributed by atoms with van der Waals surface area (Å²) in [6.45, 7) is 6.66. The predicted octanol–water partition coefficient (Wildman–Crippen LogP) is 2.31. The average molecular weight is 438 g/mol. The Balaban J connectivity index is 1.64. The van der Waals surface area contributed by atoms with Crippen LogP contribution in [0.3, 0.4) is 0 Å². The van der Waals surface area contributed by atoms with Crippen LogP contribution in [-0.4, -0.2) is 68.1 Å². The zero-order chi connectivity index (χ0) is 20.6. The highest BCUT2D eigenvalue weighted by Gasteiger charge is 2.49. The number of anilines is 2. The van der Waals surface area contributed by atoms with E-state index in [2.05, 4.69) is 23.7 Å². The molecule has 9 heteroatoms. The third kappa shape index (κ3) is 4.18. The van der Waals surface area contributed by atoms with Crippen molar-refractivity contribution in [2.75, 3.05) is 41.0 Å². The van der Waals surface area contributed by atoms with Gasteiger partial charge in [0, 0.05) is 36.3 Å². The molecule has 3 aliphatic heterocycles. The van der Waals surface area contributed by atoms with Gasteiger partial charge in [0.1, 0.15) is 6.10 Å². The molecule has 0 aromatic heterocycles. The summed E-state index contributed by atoms with van der Waals surface area (Å²) in [7, 11) is -3.08. The van der Waals surface area contributed by atoms with E-state index in [1.54, 1.807) is 0 Å². The third-order valence-corrected chi connectivity index (χ3v) is 8.94. The molecule has 4 rings (SSSR count). The number of hydrogen-bond donors (Lipinski definition) is 0. The van der Waals surface area contributed by atoms with Gasteiger partial charge in [-0.3, -0.25) is 4.79 Å². The Labute approximate surface area is 176 Å². The molecule has 29 heavy (non-hydrogen) atoms. The minimum atomic E-state index is -3.08. The molecule has 0 radical (unpaired) electrons. The summed E-state index contributed by atoms with van der Waals surface area (Å²) in [6, 6.07) is 7.88. The monoisotopic (exact) mass is 437 g/mol. The first-order chi connectivity index (χ1) is 13.9. The molecule has 1 amide bonds. The van der Waals surface area contributed by atoms with E-state index in [1.807, 2.05) is 29.2 Å². The van der Waals surface area contributed by atoms with Crippen LogP contribution in [0.5, 0.6) is 0 Å². The van der Waals surface area contributed by atoms with Crippen LogP contribution in [0.1, 0.15) is 26.7 Å². The number of thioether (sulfide) groups is 1. The fourth-order valence-electron chi connectivity index (χ4n) is 4.22. The van der Waals surface area contributed by atoms with Crippen LogP contribution in [-0.2, 0) is 19.4 Å². The molecule has 1 aromatic rings. The van der Waals surface area contributed by atoms with Crippen LogP contribution in [0, 0.1) is 0 Å². The summed E-state index contributed by atoms with van der Waals surface area (Å²) < 4.78 is 29.9. The van der Waals surface area contributed by atoms with Gasteiger partial charge < -0.3 is 14.5 Å². The van der Waals surface area contributed by atoms with Crippen LogP contribution < -0.4 is 9.80 Å². The normalized spacial score (nSPS) is 29.4. The molecule has 0 saturated carbocycles. The number of nitrogens with zero attached hydrogens (tertiary/aromatic N) is 3. The van der Waals surface area contributed by atoms with Crippen molar-refractivity contribution >= 4 is 44.0 Å². The largest absolute Gasteiger partial charge is 0.372 e. The Bertz CT molecular complexity index is 891. The second-order valence-corrected chi connectivity index (χ2v) is 11.0. The van der Waals surface area contributed by atoms with Crippen molar-refractivity contribution < 1.29 is 17.9 Å². The van der Waals surface area contributed by atoms with Crippen LogP contribution in [0.15, 0.2) is 29.3 Å². The zero-order valence-corrected chi connectivity index (χ0v) is 18.4. The lowest BCUT2D eigenvalue weighted by Crippen LogP contribution is -2.38. The van der Waals surface area contributed by atoms with Crippen molar-refractivity contribution in [3.8, 4) is 0 Å². The Morgan fingerprint density at radius 2 is 1.97 bits per heavy atom. The fraction of sp³-hybridized carbons (Fsp3) is 0.600. The van der Waals surface area contributed by atoms with E-state index < -0.39 is 15.9 Å². The van der Waals surface area contributed by atoms with Gasteiger partial charge >= 0.3 is 0 Å². The lowest BCUT2D eigenvalue weighted by Gasteiger charge is -2.26. The molecule has 0 bridgehead atoms. The molecular weight excluding hydrogens is 410 g/mol. The molecule has 0 unspecified atom stereocenters. The van der Waals surface area contributed by atoms with Gasteiger partial charge in [-0.1, -0.05) is 11.8 Å².